The molecule has 1 atom stereocenters. The van der Waals surface area contributed by atoms with E-state index in [1.165, 1.54) is 5.56 Å². The fourth-order valence-corrected chi connectivity index (χ4v) is 2.81. The minimum atomic E-state index is 0.270. The van der Waals surface area contributed by atoms with Crippen LogP contribution in [0.1, 0.15) is 18.5 Å². The van der Waals surface area contributed by atoms with Gasteiger partial charge in [0.25, 0.3) is 0 Å². The molecule has 1 aromatic carbocycles. The van der Waals surface area contributed by atoms with Gasteiger partial charge in [-0.25, -0.2) is 0 Å². The molecule has 2 rings (SSSR count). The zero-order chi connectivity index (χ0) is 15.8. The van der Waals surface area contributed by atoms with Crippen molar-refractivity contribution in [3.8, 4) is 5.75 Å². The van der Waals surface area contributed by atoms with Crippen molar-refractivity contribution in [2.24, 2.45) is 0 Å². The largest absolute Gasteiger partial charge is 0.497 e. The Hall–Kier alpha value is -1.37. The van der Waals surface area contributed by atoms with Crippen molar-refractivity contribution in [2.45, 2.75) is 13.0 Å². The monoisotopic (exact) mass is 323 g/mol. The molecule has 1 aliphatic heterocycles. The molecule has 0 spiro atoms. The molecule has 1 saturated heterocycles. The predicted octanol–water partition coefficient (Wildman–Crippen LogP) is 1.55. The maximum absolute atomic E-state index is 5.47. The first-order valence-corrected chi connectivity index (χ1v) is 8.13. The van der Waals surface area contributed by atoms with Gasteiger partial charge in [-0.1, -0.05) is 12.1 Å². The van der Waals surface area contributed by atoms with Crippen molar-refractivity contribution >= 4 is 17.3 Å². The SMILES string of the molecule is CCNC(=S)NC[C@H](c1ccc(OC)cc1)N1CCOCC1. The van der Waals surface area contributed by atoms with E-state index in [1.54, 1.807) is 7.11 Å². The lowest BCUT2D eigenvalue weighted by atomic mass is 10.0. The highest BCUT2D eigenvalue weighted by Gasteiger charge is 2.22. The van der Waals surface area contributed by atoms with Crippen LogP contribution in [0.2, 0.25) is 0 Å². The molecule has 0 radical (unpaired) electrons. The molecule has 0 unspecified atom stereocenters. The van der Waals surface area contributed by atoms with Crippen molar-refractivity contribution in [1.29, 1.82) is 0 Å². The number of morpholine rings is 1. The molecular formula is C16H25N3O2S. The van der Waals surface area contributed by atoms with Gasteiger partial charge in [0.2, 0.25) is 0 Å². The summed E-state index contributed by atoms with van der Waals surface area (Å²) in [5, 5.41) is 7.15. The van der Waals surface area contributed by atoms with Crippen molar-refractivity contribution in [1.82, 2.24) is 15.5 Å². The molecule has 2 N–H and O–H groups in total. The molecule has 1 aliphatic rings. The summed E-state index contributed by atoms with van der Waals surface area (Å²) in [6.07, 6.45) is 0. The Labute approximate surface area is 138 Å². The van der Waals surface area contributed by atoms with Crippen LogP contribution in [0, 0.1) is 0 Å². The Morgan fingerprint density at radius 3 is 2.55 bits per heavy atom. The summed E-state index contributed by atoms with van der Waals surface area (Å²) in [7, 11) is 1.69. The molecule has 22 heavy (non-hydrogen) atoms. The highest BCUT2D eigenvalue weighted by Crippen LogP contribution is 2.23. The maximum atomic E-state index is 5.47. The van der Waals surface area contributed by atoms with E-state index in [9.17, 15) is 0 Å². The van der Waals surface area contributed by atoms with Gasteiger partial charge in [0.15, 0.2) is 5.11 Å². The third-order valence-corrected chi connectivity index (χ3v) is 4.07. The van der Waals surface area contributed by atoms with E-state index in [1.807, 2.05) is 19.1 Å². The fraction of sp³-hybridized carbons (Fsp3) is 0.562. The molecule has 1 heterocycles. The number of methoxy groups -OCH3 is 1. The van der Waals surface area contributed by atoms with E-state index in [0.717, 1.165) is 45.1 Å². The second kappa shape index (κ2) is 8.92. The Morgan fingerprint density at radius 2 is 1.95 bits per heavy atom. The van der Waals surface area contributed by atoms with Crippen LogP contribution in [0.4, 0.5) is 0 Å². The molecule has 1 aromatic rings. The number of rotatable bonds is 6. The van der Waals surface area contributed by atoms with Gasteiger partial charge in [-0.2, -0.15) is 0 Å². The lowest BCUT2D eigenvalue weighted by Crippen LogP contribution is -2.45. The summed E-state index contributed by atoms with van der Waals surface area (Å²) in [6.45, 7) is 7.08. The Balaban J connectivity index is 2.07. The molecule has 122 valence electrons. The second-order valence-electron chi connectivity index (χ2n) is 5.18. The first kappa shape index (κ1) is 17.0. The van der Waals surface area contributed by atoms with Crippen LogP contribution in [-0.2, 0) is 4.74 Å². The Morgan fingerprint density at radius 1 is 1.27 bits per heavy atom. The van der Waals surface area contributed by atoms with Crippen LogP contribution in [-0.4, -0.2) is 56.5 Å². The van der Waals surface area contributed by atoms with Gasteiger partial charge in [-0.15, -0.1) is 0 Å². The predicted molar refractivity (Wildman–Crippen MR) is 92.4 cm³/mol. The van der Waals surface area contributed by atoms with Gasteiger partial charge in [0.1, 0.15) is 5.75 Å². The normalized spacial score (nSPS) is 16.8. The lowest BCUT2D eigenvalue weighted by Gasteiger charge is -2.35. The zero-order valence-electron chi connectivity index (χ0n) is 13.3. The van der Waals surface area contributed by atoms with Crippen LogP contribution in [0.15, 0.2) is 24.3 Å². The van der Waals surface area contributed by atoms with Crippen LogP contribution in [0.5, 0.6) is 5.75 Å². The summed E-state index contributed by atoms with van der Waals surface area (Å²) in [4.78, 5) is 2.44. The van der Waals surface area contributed by atoms with Crippen LogP contribution in [0.3, 0.4) is 0 Å². The first-order chi connectivity index (χ1) is 10.7. The smallest absolute Gasteiger partial charge is 0.166 e. The third kappa shape index (κ3) is 4.83. The topological polar surface area (TPSA) is 45.8 Å². The summed E-state index contributed by atoms with van der Waals surface area (Å²) in [6, 6.07) is 8.52. The van der Waals surface area contributed by atoms with Gasteiger partial charge >= 0.3 is 0 Å². The zero-order valence-corrected chi connectivity index (χ0v) is 14.1. The Kier molecular flexibility index (Phi) is 6.89. The fourth-order valence-electron chi connectivity index (χ4n) is 2.59. The van der Waals surface area contributed by atoms with Crippen LogP contribution < -0.4 is 15.4 Å². The summed E-state index contributed by atoms with van der Waals surface area (Å²) in [5.41, 5.74) is 1.26. The molecule has 0 bridgehead atoms. The summed E-state index contributed by atoms with van der Waals surface area (Å²) >= 11 is 5.28. The minimum absolute atomic E-state index is 0.270. The molecule has 6 heteroatoms. The van der Waals surface area contributed by atoms with E-state index >= 15 is 0 Å². The number of nitrogens with one attached hydrogen (secondary N) is 2. The standard InChI is InChI=1S/C16H25N3O2S/c1-3-17-16(22)18-12-15(19-8-10-21-11-9-19)13-4-6-14(20-2)7-5-13/h4-7,15H,3,8-12H2,1-2H3,(H2,17,18,22)/t15-/m1/s1. The van der Waals surface area contributed by atoms with E-state index < -0.39 is 0 Å². The maximum Gasteiger partial charge on any atom is 0.166 e. The van der Waals surface area contributed by atoms with E-state index in [2.05, 4.69) is 27.7 Å². The average Bonchev–Trinajstić information content (AvgIpc) is 2.57. The number of thiocarbonyl (C=S) groups is 1. The van der Waals surface area contributed by atoms with Crippen molar-refractivity contribution in [2.75, 3.05) is 46.5 Å². The molecular weight excluding hydrogens is 298 g/mol. The summed E-state index contributed by atoms with van der Waals surface area (Å²) in [5.74, 6) is 0.876. The average molecular weight is 323 g/mol. The third-order valence-electron chi connectivity index (χ3n) is 3.78. The lowest BCUT2D eigenvalue weighted by molar-refractivity contribution is 0.0170. The number of hydrogen-bond donors (Lipinski definition) is 2. The number of benzene rings is 1. The van der Waals surface area contributed by atoms with E-state index in [4.69, 9.17) is 21.7 Å². The van der Waals surface area contributed by atoms with Gasteiger partial charge in [-0.05, 0) is 36.8 Å². The highest BCUT2D eigenvalue weighted by molar-refractivity contribution is 7.80. The molecule has 0 saturated carbocycles. The minimum Gasteiger partial charge on any atom is -0.497 e. The summed E-state index contributed by atoms with van der Waals surface area (Å²) < 4.78 is 10.7. The second-order valence-corrected chi connectivity index (χ2v) is 5.59. The van der Waals surface area contributed by atoms with Gasteiger partial charge < -0.3 is 20.1 Å². The van der Waals surface area contributed by atoms with Crippen molar-refractivity contribution in [3.05, 3.63) is 29.8 Å². The van der Waals surface area contributed by atoms with Crippen molar-refractivity contribution in [3.63, 3.8) is 0 Å². The van der Waals surface area contributed by atoms with E-state index in [-0.39, 0.29) is 6.04 Å². The number of hydrogen-bond acceptors (Lipinski definition) is 4. The van der Waals surface area contributed by atoms with Gasteiger partial charge in [0, 0.05) is 26.2 Å². The molecule has 1 fully saturated rings. The van der Waals surface area contributed by atoms with E-state index in [0.29, 0.717) is 5.11 Å². The number of ether oxygens (including phenoxy) is 2. The van der Waals surface area contributed by atoms with Gasteiger partial charge in [0.05, 0.1) is 26.4 Å². The van der Waals surface area contributed by atoms with Gasteiger partial charge in [-0.3, -0.25) is 4.90 Å². The molecule has 0 aromatic heterocycles. The first-order valence-electron chi connectivity index (χ1n) is 7.72. The molecule has 5 nitrogen and oxygen atoms in total. The Bertz CT molecular complexity index is 461. The van der Waals surface area contributed by atoms with Crippen molar-refractivity contribution < 1.29 is 9.47 Å². The highest BCUT2D eigenvalue weighted by atomic mass is 32.1. The molecule has 0 aliphatic carbocycles. The number of nitrogens with zero attached hydrogens (tertiary/aromatic N) is 1. The van der Waals surface area contributed by atoms with Crippen LogP contribution >= 0.6 is 12.2 Å². The van der Waals surface area contributed by atoms with Crippen LogP contribution in [0.25, 0.3) is 0 Å². The quantitative estimate of drug-likeness (QED) is 0.775. The molecule has 0 amide bonds.